The molecule has 2 N–H and O–H groups in total. The monoisotopic (exact) mass is 440 g/mol. The second kappa shape index (κ2) is 9.28. The lowest BCUT2D eigenvalue weighted by Gasteiger charge is -2.32. The van der Waals surface area contributed by atoms with E-state index in [1.807, 2.05) is 23.6 Å². The molecule has 0 unspecified atom stereocenters. The standard InChI is InChI=1S/C22H21ClN4O2S/c23-16-3-8-20(24-14-16)27-11-9-15(10-12-27)21(28)25-17-4-6-18(7-5-17)26-22(29)19-2-1-13-30-19/h1-8,13-15H,9-12H2,(H,25,28)(H,26,29). The number of piperidine rings is 1. The molecule has 1 aliphatic rings. The number of carbonyl (C=O) groups excluding carboxylic acids is 2. The fourth-order valence-corrected chi connectivity index (χ4v) is 4.14. The first-order valence-corrected chi connectivity index (χ1v) is 11.0. The van der Waals surface area contributed by atoms with E-state index in [-0.39, 0.29) is 17.7 Å². The number of thiophene rings is 1. The Balaban J connectivity index is 1.28. The number of hydrogen-bond donors (Lipinski definition) is 2. The summed E-state index contributed by atoms with van der Waals surface area (Å²) >= 11 is 7.29. The van der Waals surface area contributed by atoms with Gasteiger partial charge in [0.15, 0.2) is 0 Å². The van der Waals surface area contributed by atoms with E-state index in [2.05, 4.69) is 20.5 Å². The first kappa shape index (κ1) is 20.4. The van der Waals surface area contributed by atoms with Crippen LogP contribution in [0.2, 0.25) is 5.02 Å². The van der Waals surface area contributed by atoms with E-state index in [9.17, 15) is 9.59 Å². The third-order valence-corrected chi connectivity index (χ3v) is 6.15. The van der Waals surface area contributed by atoms with Crippen molar-refractivity contribution in [3.8, 4) is 0 Å². The molecule has 3 aromatic rings. The number of amides is 2. The number of carbonyl (C=O) groups is 2. The van der Waals surface area contributed by atoms with Gasteiger partial charge in [-0.15, -0.1) is 11.3 Å². The summed E-state index contributed by atoms with van der Waals surface area (Å²) in [5.74, 6) is 0.739. The van der Waals surface area contributed by atoms with E-state index >= 15 is 0 Å². The molecule has 1 aromatic carbocycles. The molecule has 0 saturated carbocycles. The van der Waals surface area contributed by atoms with E-state index in [1.165, 1.54) is 11.3 Å². The Morgan fingerprint density at radius 3 is 2.30 bits per heavy atom. The van der Waals surface area contributed by atoms with Gasteiger partial charge in [0.1, 0.15) is 5.82 Å². The number of nitrogens with one attached hydrogen (secondary N) is 2. The molecule has 1 aliphatic heterocycles. The van der Waals surface area contributed by atoms with Crippen molar-refractivity contribution in [1.29, 1.82) is 0 Å². The van der Waals surface area contributed by atoms with Crippen LogP contribution in [0.5, 0.6) is 0 Å². The maximum atomic E-state index is 12.6. The minimum atomic E-state index is -0.135. The van der Waals surface area contributed by atoms with Crippen LogP contribution in [0.1, 0.15) is 22.5 Å². The normalized spacial score (nSPS) is 14.4. The zero-order valence-corrected chi connectivity index (χ0v) is 17.7. The number of anilines is 3. The molecule has 1 saturated heterocycles. The van der Waals surface area contributed by atoms with Crippen molar-refractivity contribution in [1.82, 2.24) is 4.98 Å². The SMILES string of the molecule is O=C(Nc1ccc(NC(=O)C2CCN(c3ccc(Cl)cn3)CC2)cc1)c1cccs1. The van der Waals surface area contributed by atoms with Crippen LogP contribution in [0.25, 0.3) is 0 Å². The van der Waals surface area contributed by atoms with Crippen LogP contribution < -0.4 is 15.5 Å². The molecule has 6 nitrogen and oxygen atoms in total. The molecular weight excluding hydrogens is 420 g/mol. The van der Waals surface area contributed by atoms with Gasteiger partial charge in [0.05, 0.1) is 9.90 Å². The minimum Gasteiger partial charge on any atom is -0.357 e. The molecule has 0 aliphatic carbocycles. The second-order valence-corrected chi connectivity index (χ2v) is 8.48. The number of pyridine rings is 1. The van der Waals surface area contributed by atoms with Crippen LogP contribution in [-0.2, 0) is 4.79 Å². The van der Waals surface area contributed by atoms with Crippen LogP contribution in [0.3, 0.4) is 0 Å². The van der Waals surface area contributed by atoms with Crippen LogP contribution in [-0.4, -0.2) is 29.9 Å². The van der Waals surface area contributed by atoms with Crippen molar-refractivity contribution >= 4 is 51.9 Å². The highest BCUT2D eigenvalue weighted by molar-refractivity contribution is 7.12. The highest BCUT2D eigenvalue weighted by atomic mass is 35.5. The smallest absolute Gasteiger partial charge is 0.265 e. The lowest BCUT2D eigenvalue weighted by atomic mass is 9.95. The average molecular weight is 441 g/mol. The summed E-state index contributed by atoms with van der Waals surface area (Å²) in [6.07, 6.45) is 3.18. The summed E-state index contributed by atoms with van der Waals surface area (Å²) in [7, 11) is 0. The Morgan fingerprint density at radius 1 is 1.00 bits per heavy atom. The highest BCUT2D eigenvalue weighted by Gasteiger charge is 2.25. The average Bonchev–Trinajstić information content (AvgIpc) is 3.31. The summed E-state index contributed by atoms with van der Waals surface area (Å²) < 4.78 is 0. The van der Waals surface area contributed by atoms with Crippen LogP contribution in [0, 0.1) is 5.92 Å². The van der Waals surface area contributed by atoms with Gasteiger partial charge in [-0.1, -0.05) is 17.7 Å². The molecule has 0 spiro atoms. The number of hydrogen-bond acceptors (Lipinski definition) is 5. The number of aromatic nitrogens is 1. The largest absolute Gasteiger partial charge is 0.357 e. The Labute approximate surface area is 183 Å². The van der Waals surface area contributed by atoms with E-state index in [0.29, 0.717) is 15.6 Å². The van der Waals surface area contributed by atoms with Gasteiger partial charge in [0.2, 0.25) is 5.91 Å². The zero-order valence-electron chi connectivity index (χ0n) is 16.2. The summed E-state index contributed by atoms with van der Waals surface area (Å²) in [6, 6.07) is 14.5. The summed E-state index contributed by atoms with van der Waals surface area (Å²) in [5.41, 5.74) is 1.41. The molecule has 8 heteroatoms. The molecule has 0 bridgehead atoms. The predicted octanol–water partition coefficient (Wildman–Crippen LogP) is 4.90. The summed E-state index contributed by atoms with van der Waals surface area (Å²) in [5, 5.41) is 8.31. The van der Waals surface area contributed by atoms with Gasteiger partial charge >= 0.3 is 0 Å². The second-order valence-electron chi connectivity index (χ2n) is 7.09. The summed E-state index contributed by atoms with van der Waals surface area (Å²) in [4.78, 5) is 31.9. The maximum Gasteiger partial charge on any atom is 0.265 e. The third-order valence-electron chi connectivity index (χ3n) is 5.06. The molecule has 2 amide bonds. The Kier molecular flexibility index (Phi) is 6.30. The van der Waals surface area contributed by atoms with Crippen molar-refractivity contribution in [2.24, 2.45) is 5.92 Å². The van der Waals surface area contributed by atoms with Gasteiger partial charge in [-0.25, -0.2) is 4.98 Å². The molecule has 0 atom stereocenters. The molecule has 154 valence electrons. The molecule has 3 heterocycles. The van der Waals surface area contributed by atoms with Crippen molar-refractivity contribution in [3.05, 3.63) is 70.0 Å². The van der Waals surface area contributed by atoms with Crippen molar-refractivity contribution in [2.75, 3.05) is 28.6 Å². The first-order chi connectivity index (χ1) is 14.6. The van der Waals surface area contributed by atoms with Gasteiger partial charge in [-0.2, -0.15) is 0 Å². The first-order valence-electron chi connectivity index (χ1n) is 9.71. The van der Waals surface area contributed by atoms with E-state index in [1.54, 1.807) is 36.5 Å². The molecule has 1 fully saturated rings. The van der Waals surface area contributed by atoms with Crippen molar-refractivity contribution in [3.63, 3.8) is 0 Å². The molecule has 0 radical (unpaired) electrons. The fourth-order valence-electron chi connectivity index (χ4n) is 3.41. The Bertz CT molecular complexity index is 999. The molecule has 2 aromatic heterocycles. The van der Waals surface area contributed by atoms with E-state index in [0.717, 1.165) is 37.4 Å². The highest BCUT2D eigenvalue weighted by Crippen LogP contribution is 2.24. The Morgan fingerprint density at radius 2 is 1.70 bits per heavy atom. The van der Waals surface area contributed by atoms with Crippen LogP contribution in [0.15, 0.2) is 60.1 Å². The lowest BCUT2D eigenvalue weighted by Crippen LogP contribution is -2.38. The predicted molar refractivity (Wildman–Crippen MR) is 122 cm³/mol. The number of halogens is 1. The van der Waals surface area contributed by atoms with Gasteiger partial charge in [0, 0.05) is 36.6 Å². The Hall–Kier alpha value is -2.90. The lowest BCUT2D eigenvalue weighted by molar-refractivity contribution is -0.120. The maximum absolute atomic E-state index is 12.6. The zero-order chi connectivity index (χ0) is 20.9. The van der Waals surface area contributed by atoms with Gasteiger partial charge in [-0.3, -0.25) is 9.59 Å². The van der Waals surface area contributed by atoms with Gasteiger partial charge in [0.25, 0.3) is 5.91 Å². The van der Waals surface area contributed by atoms with Gasteiger partial charge < -0.3 is 15.5 Å². The van der Waals surface area contributed by atoms with E-state index in [4.69, 9.17) is 11.6 Å². The summed E-state index contributed by atoms with van der Waals surface area (Å²) in [6.45, 7) is 1.56. The third kappa shape index (κ3) is 4.98. The molecule has 4 rings (SSSR count). The van der Waals surface area contributed by atoms with Crippen molar-refractivity contribution < 1.29 is 9.59 Å². The van der Waals surface area contributed by atoms with Crippen molar-refractivity contribution in [2.45, 2.75) is 12.8 Å². The van der Waals surface area contributed by atoms with Crippen LogP contribution >= 0.6 is 22.9 Å². The number of rotatable bonds is 5. The topological polar surface area (TPSA) is 74.3 Å². The molecular formula is C22H21ClN4O2S. The molecule has 30 heavy (non-hydrogen) atoms. The quantitative estimate of drug-likeness (QED) is 0.591. The van der Waals surface area contributed by atoms with Gasteiger partial charge in [-0.05, 0) is 60.7 Å². The number of nitrogens with zero attached hydrogens (tertiary/aromatic N) is 2. The minimum absolute atomic E-state index is 0.0223. The van der Waals surface area contributed by atoms with Crippen LogP contribution in [0.4, 0.5) is 17.2 Å². The fraction of sp³-hybridized carbons (Fsp3) is 0.227. The number of benzene rings is 1. The van der Waals surface area contributed by atoms with E-state index < -0.39 is 0 Å².